The van der Waals surface area contributed by atoms with Crippen LogP contribution in [0.25, 0.3) is 0 Å². The summed E-state index contributed by atoms with van der Waals surface area (Å²) in [5.74, 6) is 0. The molecule has 1 heterocycles. The molecule has 0 spiro atoms. The van der Waals surface area contributed by atoms with E-state index in [2.05, 4.69) is 17.6 Å². The predicted octanol–water partition coefficient (Wildman–Crippen LogP) is 0.841. The van der Waals surface area contributed by atoms with Crippen LogP contribution in [0.4, 0.5) is 8.78 Å². The number of rotatable bonds is 4. The molecule has 1 fully saturated rings. The third-order valence-electron chi connectivity index (χ3n) is 2.31. The van der Waals surface area contributed by atoms with Crippen LogP contribution in [-0.2, 0) is 0 Å². The van der Waals surface area contributed by atoms with Gasteiger partial charge in [0.1, 0.15) is 0 Å². The van der Waals surface area contributed by atoms with Gasteiger partial charge in [0.05, 0.1) is 6.54 Å². The van der Waals surface area contributed by atoms with Gasteiger partial charge in [-0.05, 0) is 18.4 Å². The third kappa shape index (κ3) is 3.03. The fraction of sp³-hybridized carbons (Fsp3) is 1.00. The molecule has 1 aliphatic rings. The first-order valence-corrected chi connectivity index (χ1v) is 4.32. The van der Waals surface area contributed by atoms with Gasteiger partial charge in [-0.2, -0.15) is 0 Å². The summed E-state index contributed by atoms with van der Waals surface area (Å²) in [6.45, 7) is 4.56. The van der Waals surface area contributed by atoms with Gasteiger partial charge < -0.3 is 10.6 Å². The Bertz CT molecular complexity index is 133. The zero-order valence-electron chi connectivity index (χ0n) is 7.37. The van der Waals surface area contributed by atoms with Crippen molar-refractivity contribution in [1.29, 1.82) is 0 Å². The summed E-state index contributed by atoms with van der Waals surface area (Å²) in [4.78, 5) is 0. The third-order valence-corrected chi connectivity index (χ3v) is 2.31. The minimum atomic E-state index is -2.23. The minimum Gasteiger partial charge on any atom is -0.316 e. The molecule has 1 atom stereocenters. The van der Waals surface area contributed by atoms with Crippen molar-refractivity contribution in [3.05, 3.63) is 0 Å². The summed E-state index contributed by atoms with van der Waals surface area (Å²) in [7, 11) is 0. The van der Waals surface area contributed by atoms with Gasteiger partial charge in [-0.3, -0.25) is 0 Å². The highest BCUT2D eigenvalue weighted by molar-refractivity contribution is 4.85. The van der Waals surface area contributed by atoms with Crippen molar-refractivity contribution in [3.63, 3.8) is 0 Å². The van der Waals surface area contributed by atoms with Crippen molar-refractivity contribution in [2.24, 2.45) is 5.41 Å². The van der Waals surface area contributed by atoms with Gasteiger partial charge in [-0.15, -0.1) is 0 Å². The second-order valence-electron chi connectivity index (χ2n) is 3.76. The molecule has 0 aromatic rings. The van der Waals surface area contributed by atoms with Gasteiger partial charge in [0.25, 0.3) is 6.43 Å². The normalized spacial score (nSPS) is 30.0. The maximum atomic E-state index is 11.8. The molecule has 0 aromatic carbocycles. The van der Waals surface area contributed by atoms with Gasteiger partial charge in [0.2, 0.25) is 0 Å². The van der Waals surface area contributed by atoms with Gasteiger partial charge in [-0.1, -0.05) is 6.92 Å². The van der Waals surface area contributed by atoms with E-state index in [1.54, 1.807) is 0 Å². The first-order chi connectivity index (χ1) is 5.62. The summed E-state index contributed by atoms with van der Waals surface area (Å²) in [6, 6.07) is 0. The Hall–Kier alpha value is -0.220. The molecular weight excluding hydrogens is 162 g/mol. The van der Waals surface area contributed by atoms with Gasteiger partial charge in [0.15, 0.2) is 0 Å². The van der Waals surface area contributed by atoms with Crippen molar-refractivity contribution in [2.45, 2.75) is 19.8 Å². The molecule has 0 saturated carbocycles. The van der Waals surface area contributed by atoms with Crippen LogP contribution < -0.4 is 10.6 Å². The Morgan fingerprint density at radius 2 is 2.33 bits per heavy atom. The van der Waals surface area contributed by atoms with Crippen LogP contribution in [0.3, 0.4) is 0 Å². The Morgan fingerprint density at radius 1 is 1.58 bits per heavy atom. The molecule has 1 saturated heterocycles. The lowest BCUT2D eigenvalue weighted by atomic mass is 9.90. The monoisotopic (exact) mass is 178 g/mol. The van der Waals surface area contributed by atoms with E-state index in [0.717, 1.165) is 19.5 Å². The van der Waals surface area contributed by atoms with E-state index in [4.69, 9.17) is 0 Å². The Labute approximate surface area is 71.7 Å². The lowest BCUT2D eigenvalue weighted by molar-refractivity contribution is 0.140. The molecule has 1 unspecified atom stereocenters. The molecule has 0 aliphatic carbocycles. The van der Waals surface area contributed by atoms with Crippen LogP contribution in [0, 0.1) is 5.41 Å². The van der Waals surface area contributed by atoms with E-state index in [1.165, 1.54) is 0 Å². The van der Waals surface area contributed by atoms with E-state index in [0.29, 0.717) is 6.54 Å². The number of nitrogens with one attached hydrogen (secondary N) is 2. The smallest absolute Gasteiger partial charge is 0.250 e. The fourth-order valence-corrected chi connectivity index (χ4v) is 1.50. The molecule has 12 heavy (non-hydrogen) atoms. The van der Waals surface area contributed by atoms with Crippen molar-refractivity contribution in [3.8, 4) is 0 Å². The molecule has 72 valence electrons. The van der Waals surface area contributed by atoms with E-state index in [9.17, 15) is 8.78 Å². The quantitative estimate of drug-likeness (QED) is 0.666. The minimum absolute atomic E-state index is 0.175. The second kappa shape index (κ2) is 4.14. The van der Waals surface area contributed by atoms with Crippen molar-refractivity contribution in [1.82, 2.24) is 10.6 Å². The molecule has 0 bridgehead atoms. The van der Waals surface area contributed by atoms with Crippen molar-refractivity contribution in [2.75, 3.05) is 26.2 Å². The highest BCUT2D eigenvalue weighted by Gasteiger charge is 2.27. The van der Waals surface area contributed by atoms with E-state index in [1.807, 2.05) is 0 Å². The van der Waals surface area contributed by atoms with Gasteiger partial charge >= 0.3 is 0 Å². The molecule has 1 rings (SSSR count). The van der Waals surface area contributed by atoms with Crippen LogP contribution in [0.2, 0.25) is 0 Å². The van der Waals surface area contributed by atoms with Crippen LogP contribution in [0.1, 0.15) is 13.3 Å². The Kier molecular flexibility index (Phi) is 3.40. The van der Waals surface area contributed by atoms with Crippen LogP contribution in [0.5, 0.6) is 0 Å². The summed E-state index contributed by atoms with van der Waals surface area (Å²) in [5.41, 5.74) is 0.175. The predicted molar refractivity (Wildman–Crippen MR) is 44.5 cm³/mol. The highest BCUT2D eigenvalue weighted by atomic mass is 19.3. The SMILES string of the molecule is CC1(CNCC(F)F)CCNC1. The second-order valence-corrected chi connectivity index (χ2v) is 3.76. The summed E-state index contributed by atoms with van der Waals surface area (Å²) >= 11 is 0. The average Bonchev–Trinajstić information content (AvgIpc) is 2.35. The van der Waals surface area contributed by atoms with E-state index >= 15 is 0 Å². The van der Waals surface area contributed by atoms with Crippen molar-refractivity contribution < 1.29 is 8.78 Å². The number of hydrogen-bond acceptors (Lipinski definition) is 2. The lowest BCUT2D eigenvalue weighted by Crippen LogP contribution is -2.35. The summed E-state index contributed by atoms with van der Waals surface area (Å²) in [5, 5.41) is 6.00. The molecule has 0 aromatic heterocycles. The highest BCUT2D eigenvalue weighted by Crippen LogP contribution is 2.22. The summed E-state index contributed by atoms with van der Waals surface area (Å²) in [6.07, 6.45) is -1.16. The Morgan fingerprint density at radius 3 is 2.83 bits per heavy atom. The molecule has 2 nitrogen and oxygen atoms in total. The molecule has 1 aliphatic heterocycles. The van der Waals surface area contributed by atoms with Gasteiger partial charge in [0, 0.05) is 13.1 Å². The molecule has 4 heteroatoms. The van der Waals surface area contributed by atoms with Crippen LogP contribution in [0.15, 0.2) is 0 Å². The standard InChI is InChI=1S/C8H16F2N2/c1-8(2-3-11-5-8)6-12-4-7(9)10/h7,11-12H,2-6H2,1H3. The van der Waals surface area contributed by atoms with E-state index < -0.39 is 6.43 Å². The first-order valence-electron chi connectivity index (χ1n) is 4.32. The molecular formula is C8H16F2N2. The van der Waals surface area contributed by atoms with Crippen molar-refractivity contribution >= 4 is 0 Å². The zero-order valence-corrected chi connectivity index (χ0v) is 7.37. The van der Waals surface area contributed by atoms with Crippen LogP contribution >= 0.6 is 0 Å². The molecule has 2 N–H and O–H groups in total. The average molecular weight is 178 g/mol. The first kappa shape index (κ1) is 9.86. The topological polar surface area (TPSA) is 24.1 Å². The summed E-state index contributed by atoms with van der Waals surface area (Å²) < 4.78 is 23.5. The largest absolute Gasteiger partial charge is 0.316 e. The molecule has 0 amide bonds. The maximum absolute atomic E-state index is 11.8. The van der Waals surface area contributed by atoms with Crippen LogP contribution in [-0.4, -0.2) is 32.6 Å². The number of halogens is 2. The van der Waals surface area contributed by atoms with Gasteiger partial charge in [-0.25, -0.2) is 8.78 Å². The van der Waals surface area contributed by atoms with E-state index in [-0.39, 0.29) is 12.0 Å². The number of hydrogen-bond donors (Lipinski definition) is 2. The maximum Gasteiger partial charge on any atom is 0.250 e. The lowest BCUT2D eigenvalue weighted by Gasteiger charge is -2.22. The number of alkyl halides is 2. The zero-order chi connectivity index (χ0) is 9.03. The Balaban J connectivity index is 2.13. The fourth-order valence-electron chi connectivity index (χ4n) is 1.50. The molecule has 0 radical (unpaired) electrons.